The van der Waals surface area contributed by atoms with E-state index < -0.39 is 12.0 Å². The number of hydrogen-bond donors (Lipinski definition) is 2. The molecule has 2 aliphatic heterocycles. The van der Waals surface area contributed by atoms with Gasteiger partial charge in [0.05, 0.1) is 12.1 Å². The van der Waals surface area contributed by atoms with Gasteiger partial charge in [0.2, 0.25) is 11.9 Å². The Morgan fingerprint density at radius 1 is 1.40 bits per heavy atom. The molecule has 1 aromatic carbocycles. The van der Waals surface area contributed by atoms with Gasteiger partial charge >= 0.3 is 11.9 Å². The zero-order valence-corrected chi connectivity index (χ0v) is 13.5. The molecule has 132 valence electrons. The van der Waals surface area contributed by atoms with Gasteiger partial charge in [0, 0.05) is 19.0 Å². The van der Waals surface area contributed by atoms with E-state index in [1.807, 2.05) is 0 Å². The number of carboxylic acid groups (broad SMARTS) is 1. The number of amides is 1. The molecular weight excluding hydrogens is 330 g/mol. The first-order chi connectivity index (χ1) is 11.9. The molecule has 0 aromatic heterocycles. The molecule has 0 aliphatic carbocycles. The molecule has 25 heavy (non-hydrogen) atoms. The van der Waals surface area contributed by atoms with Crippen molar-refractivity contribution in [2.75, 3.05) is 13.2 Å². The van der Waals surface area contributed by atoms with Crippen LogP contribution in [0.3, 0.4) is 0 Å². The van der Waals surface area contributed by atoms with Crippen molar-refractivity contribution in [2.24, 2.45) is 4.99 Å². The molecule has 9 heteroatoms. The van der Waals surface area contributed by atoms with Gasteiger partial charge in [-0.2, -0.15) is 0 Å². The molecule has 1 atom stereocenters. The maximum absolute atomic E-state index is 12.0. The lowest BCUT2D eigenvalue weighted by molar-refractivity contribution is -0.141. The van der Waals surface area contributed by atoms with Gasteiger partial charge in [-0.05, 0) is 18.2 Å². The maximum Gasteiger partial charge on any atom is 0.305 e. The minimum absolute atomic E-state index is 0.153. The van der Waals surface area contributed by atoms with Crippen LogP contribution in [0, 0.1) is 0 Å². The zero-order chi connectivity index (χ0) is 18.0. The van der Waals surface area contributed by atoms with Crippen molar-refractivity contribution in [3.8, 4) is 5.75 Å². The van der Waals surface area contributed by atoms with E-state index in [4.69, 9.17) is 14.6 Å². The fourth-order valence-corrected chi connectivity index (χ4v) is 2.73. The Balaban J connectivity index is 1.71. The highest BCUT2D eigenvalue weighted by Gasteiger charge is 2.40. The van der Waals surface area contributed by atoms with E-state index in [0.29, 0.717) is 23.9 Å². The number of fused-ring (bicyclic) bond motifs is 2. The third kappa shape index (κ3) is 3.70. The highest BCUT2D eigenvalue weighted by molar-refractivity contribution is 6.08. The molecule has 0 bridgehead atoms. The molecular formula is C16H17N3O6. The SMILES string of the molecule is CC(=O)OCCOc1ccc2c(c1)CN1C(=N2)NC(=O)C1CC(=O)O. The van der Waals surface area contributed by atoms with Gasteiger partial charge in [-0.3, -0.25) is 19.7 Å². The summed E-state index contributed by atoms with van der Waals surface area (Å²) in [5, 5.41) is 11.6. The van der Waals surface area contributed by atoms with Crippen molar-refractivity contribution in [2.45, 2.75) is 25.9 Å². The number of esters is 1. The molecule has 9 nitrogen and oxygen atoms in total. The second kappa shape index (κ2) is 6.80. The fraction of sp³-hybridized carbons (Fsp3) is 0.375. The number of nitrogens with one attached hydrogen (secondary N) is 1. The van der Waals surface area contributed by atoms with Gasteiger partial charge in [-0.25, -0.2) is 4.99 Å². The number of carbonyl (C=O) groups is 3. The lowest BCUT2D eigenvalue weighted by atomic mass is 10.1. The maximum atomic E-state index is 12.0. The van der Waals surface area contributed by atoms with Crippen LogP contribution in [0.5, 0.6) is 5.75 Å². The first-order valence-electron chi connectivity index (χ1n) is 7.71. The monoisotopic (exact) mass is 347 g/mol. The Labute approximate surface area is 143 Å². The quantitative estimate of drug-likeness (QED) is 0.565. The lowest BCUT2D eigenvalue weighted by Crippen LogP contribution is -2.38. The van der Waals surface area contributed by atoms with Crippen LogP contribution in [-0.4, -0.2) is 53.1 Å². The second-order valence-electron chi connectivity index (χ2n) is 5.65. The van der Waals surface area contributed by atoms with Gasteiger partial charge < -0.3 is 19.5 Å². The predicted octanol–water partition coefficient (Wildman–Crippen LogP) is 0.405. The molecule has 2 aliphatic rings. The van der Waals surface area contributed by atoms with E-state index in [2.05, 4.69) is 10.3 Å². The normalized spacial score (nSPS) is 18.0. The fourth-order valence-electron chi connectivity index (χ4n) is 2.73. The molecule has 1 unspecified atom stereocenters. The van der Waals surface area contributed by atoms with E-state index in [0.717, 1.165) is 5.56 Å². The van der Waals surface area contributed by atoms with Gasteiger partial charge in [-0.15, -0.1) is 0 Å². The van der Waals surface area contributed by atoms with Crippen LogP contribution in [0.15, 0.2) is 23.2 Å². The smallest absolute Gasteiger partial charge is 0.305 e. The predicted molar refractivity (Wildman–Crippen MR) is 85.4 cm³/mol. The van der Waals surface area contributed by atoms with Crippen molar-refractivity contribution in [3.63, 3.8) is 0 Å². The van der Waals surface area contributed by atoms with Crippen molar-refractivity contribution in [1.82, 2.24) is 10.2 Å². The Kier molecular flexibility index (Phi) is 4.55. The summed E-state index contributed by atoms with van der Waals surface area (Å²) in [5.41, 5.74) is 1.51. The molecule has 1 fully saturated rings. The third-order valence-electron chi connectivity index (χ3n) is 3.83. The van der Waals surface area contributed by atoms with Gasteiger partial charge in [0.15, 0.2) is 0 Å². The number of hydrogen-bond acceptors (Lipinski definition) is 7. The Morgan fingerprint density at radius 3 is 2.92 bits per heavy atom. The minimum Gasteiger partial charge on any atom is -0.490 e. The van der Waals surface area contributed by atoms with Gasteiger partial charge in [-0.1, -0.05) is 0 Å². The lowest BCUT2D eigenvalue weighted by Gasteiger charge is -2.27. The molecule has 0 saturated carbocycles. The Bertz CT molecular complexity index is 760. The van der Waals surface area contributed by atoms with Gasteiger partial charge in [0.1, 0.15) is 25.0 Å². The number of aliphatic carboxylic acids is 1. The summed E-state index contributed by atoms with van der Waals surface area (Å²) < 4.78 is 10.3. The number of ether oxygens (including phenoxy) is 2. The van der Waals surface area contributed by atoms with E-state index in [1.54, 1.807) is 23.1 Å². The van der Waals surface area contributed by atoms with Crippen LogP contribution < -0.4 is 10.1 Å². The Hall–Kier alpha value is -3.10. The summed E-state index contributed by atoms with van der Waals surface area (Å²) >= 11 is 0. The van der Waals surface area contributed by atoms with Crippen LogP contribution in [0.25, 0.3) is 0 Å². The molecule has 1 saturated heterocycles. The second-order valence-corrected chi connectivity index (χ2v) is 5.65. The first-order valence-corrected chi connectivity index (χ1v) is 7.71. The van der Waals surface area contributed by atoms with E-state index in [-0.39, 0.29) is 31.5 Å². The van der Waals surface area contributed by atoms with E-state index in [1.165, 1.54) is 6.92 Å². The largest absolute Gasteiger partial charge is 0.490 e. The summed E-state index contributed by atoms with van der Waals surface area (Å²) in [6.07, 6.45) is -0.293. The number of aliphatic imine (C=N–C) groups is 1. The molecule has 2 N–H and O–H groups in total. The highest BCUT2D eigenvalue weighted by atomic mass is 16.6. The number of carboxylic acids is 1. The summed E-state index contributed by atoms with van der Waals surface area (Å²) in [6.45, 7) is 2.05. The number of benzene rings is 1. The van der Waals surface area contributed by atoms with Crippen molar-refractivity contribution >= 4 is 29.5 Å². The number of nitrogens with zero attached hydrogens (tertiary/aromatic N) is 2. The highest BCUT2D eigenvalue weighted by Crippen LogP contribution is 2.32. The third-order valence-corrected chi connectivity index (χ3v) is 3.83. The van der Waals surface area contributed by atoms with Crippen molar-refractivity contribution < 1.29 is 29.0 Å². The van der Waals surface area contributed by atoms with E-state index >= 15 is 0 Å². The average Bonchev–Trinajstić information content (AvgIpc) is 2.84. The van der Waals surface area contributed by atoms with Crippen LogP contribution in [0.4, 0.5) is 5.69 Å². The number of carbonyl (C=O) groups excluding carboxylic acids is 2. The standard InChI is InChI=1S/C16H17N3O6/c1-9(20)24-4-5-25-11-2-3-12-10(6-11)8-19-13(7-14(21)22)15(23)18-16(19)17-12/h2-3,6,13H,4-5,7-8H2,1H3,(H,21,22)(H,17,18,23). The first kappa shape index (κ1) is 16.7. The molecule has 1 amide bonds. The number of rotatable bonds is 6. The molecule has 3 rings (SSSR count). The summed E-state index contributed by atoms with van der Waals surface area (Å²) in [5.74, 6) is -0.835. The summed E-state index contributed by atoms with van der Waals surface area (Å²) in [6, 6.07) is 4.50. The summed E-state index contributed by atoms with van der Waals surface area (Å²) in [4.78, 5) is 39.6. The van der Waals surface area contributed by atoms with Gasteiger partial charge in [0.25, 0.3) is 0 Å². The molecule has 0 radical (unpaired) electrons. The van der Waals surface area contributed by atoms with Crippen LogP contribution >= 0.6 is 0 Å². The minimum atomic E-state index is -1.05. The van der Waals surface area contributed by atoms with E-state index in [9.17, 15) is 14.4 Å². The van der Waals surface area contributed by atoms with Crippen LogP contribution in [0.1, 0.15) is 18.9 Å². The van der Waals surface area contributed by atoms with Crippen molar-refractivity contribution in [3.05, 3.63) is 23.8 Å². The van der Waals surface area contributed by atoms with Crippen LogP contribution in [-0.2, 0) is 25.7 Å². The molecule has 2 heterocycles. The zero-order valence-electron chi connectivity index (χ0n) is 13.5. The molecule has 0 spiro atoms. The molecule has 1 aromatic rings. The summed E-state index contributed by atoms with van der Waals surface area (Å²) in [7, 11) is 0. The van der Waals surface area contributed by atoms with Crippen LogP contribution in [0.2, 0.25) is 0 Å². The average molecular weight is 347 g/mol. The Morgan fingerprint density at radius 2 is 2.20 bits per heavy atom. The van der Waals surface area contributed by atoms with Crippen molar-refractivity contribution in [1.29, 1.82) is 0 Å². The number of guanidine groups is 1. The topological polar surface area (TPSA) is 118 Å².